The van der Waals surface area contributed by atoms with Crippen LogP contribution >= 0.6 is 11.6 Å². The second-order valence-electron chi connectivity index (χ2n) is 4.69. The third kappa shape index (κ3) is 4.46. The van der Waals surface area contributed by atoms with Gasteiger partial charge < -0.3 is 4.74 Å². The summed E-state index contributed by atoms with van der Waals surface area (Å²) in [5.41, 5.74) is 3.39. The Morgan fingerprint density at radius 3 is 2.38 bits per heavy atom. The van der Waals surface area contributed by atoms with Gasteiger partial charge in [0.15, 0.2) is 0 Å². The Morgan fingerprint density at radius 1 is 1.14 bits per heavy atom. The molecule has 1 N–H and O–H groups in total. The number of hydrogen-bond acceptors (Lipinski definition) is 3. The van der Waals surface area contributed by atoms with Gasteiger partial charge >= 0.3 is 0 Å². The van der Waals surface area contributed by atoms with E-state index in [4.69, 9.17) is 16.3 Å². The fourth-order valence-electron chi connectivity index (χ4n) is 2.06. The van der Waals surface area contributed by atoms with Crippen LogP contribution in [0.1, 0.15) is 5.56 Å². The first-order valence-corrected chi connectivity index (χ1v) is 8.51. The lowest BCUT2D eigenvalue weighted by atomic mass is 9.99. The minimum atomic E-state index is -3.30. The fourth-order valence-corrected chi connectivity index (χ4v) is 2.74. The monoisotopic (exact) mass is 325 g/mol. The van der Waals surface area contributed by atoms with Crippen LogP contribution < -0.4 is 4.72 Å². The van der Waals surface area contributed by atoms with Gasteiger partial charge in [-0.3, -0.25) is 4.72 Å². The number of anilines is 1. The molecule has 0 aliphatic carbocycles. The highest BCUT2D eigenvalue weighted by atomic mass is 35.5. The van der Waals surface area contributed by atoms with Gasteiger partial charge in [0.05, 0.1) is 12.9 Å². The average molecular weight is 326 g/mol. The maximum Gasteiger partial charge on any atom is 0.229 e. The van der Waals surface area contributed by atoms with Gasteiger partial charge in [0.25, 0.3) is 0 Å². The molecule has 0 aliphatic heterocycles. The van der Waals surface area contributed by atoms with Crippen molar-refractivity contribution in [3.63, 3.8) is 0 Å². The van der Waals surface area contributed by atoms with E-state index in [0.717, 1.165) is 22.9 Å². The lowest BCUT2D eigenvalue weighted by molar-refractivity contribution is 0.185. The molecule has 21 heavy (non-hydrogen) atoms. The molecular weight excluding hydrogens is 310 g/mol. The van der Waals surface area contributed by atoms with E-state index in [-0.39, 0.29) is 0 Å². The number of benzene rings is 2. The fraction of sp³-hybridized carbons (Fsp3) is 0.200. The molecule has 0 aromatic heterocycles. The van der Waals surface area contributed by atoms with Crippen LogP contribution in [-0.2, 0) is 21.4 Å². The summed E-state index contributed by atoms with van der Waals surface area (Å²) in [6.45, 7) is 0.386. The lowest BCUT2D eigenvalue weighted by Gasteiger charge is -2.12. The third-order valence-electron chi connectivity index (χ3n) is 2.86. The van der Waals surface area contributed by atoms with E-state index in [2.05, 4.69) is 4.72 Å². The molecule has 0 saturated carbocycles. The van der Waals surface area contributed by atoms with Gasteiger partial charge in [-0.25, -0.2) is 8.42 Å². The van der Waals surface area contributed by atoms with Gasteiger partial charge in [0.1, 0.15) is 0 Å². The Balaban J connectivity index is 2.44. The van der Waals surface area contributed by atoms with Crippen molar-refractivity contribution in [1.29, 1.82) is 0 Å². The quantitative estimate of drug-likeness (QED) is 0.915. The molecule has 0 heterocycles. The molecule has 0 spiro atoms. The predicted octanol–water partition coefficient (Wildman–Crippen LogP) is 3.52. The second kappa shape index (κ2) is 6.47. The van der Waals surface area contributed by atoms with E-state index >= 15 is 0 Å². The summed E-state index contributed by atoms with van der Waals surface area (Å²) in [4.78, 5) is 0. The number of hydrogen-bond donors (Lipinski definition) is 1. The number of methoxy groups -OCH3 is 1. The first-order valence-electron chi connectivity index (χ1n) is 6.24. The van der Waals surface area contributed by atoms with E-state index in [0.29, 0.717) is 17.3 Å². The van der Waals surface area contributed by atoms with Crippen molar-refractivity contribution in [3.8, 4) is 11.1 Å². The molecule has 4 nitrogen and oxygen atoms in total. The van der Waals surface area contributed by atoms with E-state index in [9.17, 15) is 8.42 Å². The van der Waals surface area contributed by atoms with Crippen LogP contribution in [0, 0.1) is 0 Å². The molecule has 2 aromatic rings. The van der Waals surface area contributed by atoms with E-state index in [1.54, 1.807) is 19.2 Å². The zero-order valence-electron chi connectivity index (χ0n) is 11.8. The van der Waals surface area contributed by atoms with Crippen molar-refractivity contribution in [2.24, 2.45) is 0 Å². The highest BCUT2D eigenvalue weighted by Gasteiger charge is 2.09. The highest BCUT2D eigenvalue weighted by molar-refractivity contribution is 7.92. The largest absolute Gasteiger partial charge is 0.380 e. The number of rotatable bonds is 5. The summed E-state index contributed by atoms with van der Waals surface area (Å²) in [6, 6.07) is 12.8. The van der Waals surface area contributed by atoms with Crippen LogP contribution in [0.15, 0.2) is 42.5 Å². The molecular formula is C15H16ClNO3S. The van der Waals surface area contributed by atoms with Gasteiger partial charge in [-0.2, -0.15) is 0 Å². The predicted molar refractivity (Wildman–Crippen MR) is 86.1 cm³/mol. The Hall–Kier alpha value is -1.56. The minimum absolute atomic E-state index is 0.386. The third-order valence-corrected chi connectivity index (χ3v) is 3.72. The number of nitrogens with one attached hydrogen (secondary N) is 1. The maximum atomic E-state index is 11.3. The molecule has 112 valence electrons. The van der Waals surface area contributed by atoms with Crippen LogP contribution in [0.3, 0.4) is 0 Å². The van der Waals surface area contributed by atoms with Crippen LogP contribution in [-0.4, -0.2) is 21.8 Å². The van der Waals surface area contributed by atoms with Crippen molar-refractivity contribution >= 4 is 27.3 Å². The number of halogens is 1. The van der Waals surface area contributed by atoms with Crippen molar-refractivity contribution in [1.82, 2.24) is 0 Å². The van der Waals surface area contributed by atoms with Crippen molar-refractivity contribution in [3.05, 3.63) is 53.1 Å². The van der Waals surface area contributed by atoms with Crippen LogP contribution in [0.4, 0.5) is 5.69 Å². The number of ether oxygens (including phenoxy) is 1. The molecule has 0 atom stereocenters. The Kier molecular flexibility index (Phi) is 4.88. The first kappa shape index (κ1) is 15.8. The molecule has 6 heteroatoms. The topological polar surface area (TPSA) is 55.4 Å². The van der Waals surface area contributed by atoms with Gasteiger partial charge in [-0.15, -0.1) is 0 Å². The summed E-state index contributed by atoms with van der Waals surface area (Å²) < 4.78 is 30.3. The molecule has 0 unspecified atom stereocenters. The minimum Gasteiger partial charge on any atom is -0.380 e. The summed E-state index contributed by atoms with van der Waals surface area (Å²) in [7, 11) is -1.70. The maximum absolute atomic E-state index is 11.3. The second-order valence-corrected chi connectivity index (χ2v) is 6.87. The zero-order chi connectivity index (χ0) is 15.5. The smallest absolute Gasteiger partial charge is 0.229 e. The highest BCUT2D eigenvalue weighted by Crippen LogP contribution is 2.28. The number of sulfonamides is 1. The van der Waals surface area contributed by atoms with Crippen molar-refractivity contribution in [2.75, 3.05) is 18.1 Å². The summed E-state index contributed by atoms with van der Waals surface area (Å²) in [5.74, 6) is 0. The molecule has 2 aromatic carbocycles. The van der Waals surface area contributed by atoms with Gasteiger partial charge in [0, 0.05) is 17.8 Å². The Bertz CT molecular complexity index is 727. The zero-order valence-corrected chi connectivity index (χ0v) is 13.3. The van der Waals surface area contributed by atoms with Crippen LogP contribution in [0.5, 0.6) is 0 Å². The van der Waals surface area contributed by atoms with Gasteiger partial charge in [-0.05, 0) is 41.0 Å². The van der Waals surface area contributed by atoms with E-state index in [1.165, 1.54) is 0 Å². The summed E-state index contributed by atoms with van der Waals surface area (Å²) in [6.07, 6.45) is 1.12. The van der Waals surface area contributed by atoms with Crippen LogP contribution in [0.25, 0.3) is 11.1 Å². The molecule has 0 radical (unpaired) electrons. The van der Waals surface area contributed by atoms with Gasteiger partial charge in [-0.1, -0.05) is 29.8 Å². The lowest BCUT2D eigenvalue weighted by Crippen LogP contribution is -2.10. The molecule has 0 saturated heterocycles. The molecule has 0 fully saturated rings. The Labute approximate surface area is 129 Å². The average Bonchev–Trinajstić information content (AvgIpc) is 2.39. The standard InChI is InChI=1S/C15H16ClNO3S/c1-20-10-12-9-14(17-21(2,18)19)7-8-15(12)11-3-5-13(16)6-4-11/h3-9,17H,10H2,1-2H3. The molecule has 2 rings (SSSR count). The first-order chi connectivity index (χ1) is 9.89. The molecule has 0 aliphatic rings. The van der Waals surface area contributed by atoms with E-state index in [1.807, 2.05) is 30.3 Å². The van der Waals surface area contributed by atoms with Crippen molar-refractivity contribution < 1.29 is 13.2 Å². The Morgan fingerprint density at radius 2 is 1.81 bits per heavy atom. The van der Waals surface area contributed by atoms with Crippen molar-refractivity contribution in [2.45, 2.75) is 6.61 Å². The summed E-state index contributed by atoms with van der Waals surface area (Å²) >= 11 is 5.90. The molecule has 0 amide bonds. The van der Waals surface area contributed by atoms with E-state index < -0.39 is 10.0 Å². The SMILES string of the molecule is COCc1cc(NS(C)(=O)=O)ccc1-c1ccc(Cl)cc1. The van der Waals surface area contributed by atoms with Gasteiger partial charge in [0.2, 0.25) is 10.0 Å². The molecule has 0 bridgehead atoms. The summed E-state index contributed by atoms with van der Waals surface area (Å²) in [5, 5.41) is 0.669. The van der Waals surface area contributed by atoms with Crippen LogP contribution in [0.2, 0.25) is 5.02 Å². The normalized spacial score (nSPS) is 11.4.